The van der Waals surface area contributed by atoms with Crippen molar-refractivity contribution in [3.05, 3.63) is 11.7 Å². The first kappa shape index (κ1) is 12.1. The van der Waals surface area contributed by atoms with E-state index in [9.17, 15) is 0 Å². The van der Waals surface area contributed by atoms with Gasteiger partial charge in [-0.1, -0.05) is 18.5 Å². The van der Waals surface area contributed by atoms with E-state index in [4.69, 9.17) is 15.0 Å². The van der Waals surface area contributed by atoms with E-state index in [0.29, 0.717) is 30.6 Å². The van der Waals surface area contributed by atoms with Gasteiger partial charge in [-0.3, -0.25) is 0 Å². The molecule has 2 fully saturated rings. The van der Waals surface area contributed by atoms with Gasteiger partial charge < -0.3 is 15.0 Å². The molecular weight excluding hydrogens is 230 g/mol. The molecule has 5 nitrogen and oxygen atoms in total. The van der Waals surface area contributed by atoms with Crippen molar-refractivity contribution in [1.82, 2.24) is 10.1 Å². The van der Waals surface area contributed by atoms with Gasteiger partial charge in [-0.15, -0.1) is 0 Å². The fourth-order valence-corrected chi connectivity index (χ4v) is 3.16. The average molecular weight is 251 g/mol. The number of nitrogens with zero attached hydrogens (tertiary/aromatic N) is 2. The maximum Gasteiger partial charge on any atom is 0.231 e. The molecule has 18 heavy (non-hydrogen) atoms. The number of hydrogen-bond acceptors (Lipinski definition) is 5. The second-order valence-electron chi connectivity index (χ2n) is 5.43. The summed E-state index contributed by atoms with van der Waals surface area (Å²) in [6.45, 7) is 2.71. The topological polar surface area (TPSA) is 74.2 Å². The molecule has 0 spiro atoms. The third-order valence-electron chi connectivity index (χ3n) is 4.17. The van der Waals surface area contributed by atoms with Gasteiger partial charge in [0.2, 0.25) is 5.89 Å². The largest absolute Gasteiger partial charge is 0.374 e. The molecule has 4 unspecified atom stereocenters. The molecule has 0 amide bonds. The highest BCUT2D eigenvalue weighted by Crippen LogP contribution is 2.43. The predicted octanol–water partition coefficient (Wildman–Crippen LogP) is 1.95. The Balaban J connectivity index is 1.73. The number of nitrogens with two attached hydrogens (primary N) is 1. The van der Waals surface area contributed by atoms with E-state index in [0.717, 1.165) is 31.5 Å². The molecule has 3 rings (SSSR count). The van der Waals surface area contributed by atoms with Gasteiger partial charge in [0.15, 0.2) is 5.82 Å². The third-order valence-corrected chi connectivity index (χ3v) is 4.17. The Morgan fingerprint density at radius 3 is 2.94 bits per heavy atom. The first-order valence-electron chi connectivity index (χ1n) is 7.00. The summed E-state index contributed by atoms with van der Waals surface area (Å²) >= 11 is 0. The van der Waals surface area contributed by atoms with Crippen molar-refractivity contribution >= 4 is 0 Å². The zero-order valence-corrected chi connectivity index (χ0v) is 10.8. The van der Waals surface area contributed by atoms with Crippen LogP contribution in [0.3, 0.4) is 0 Å². The van der Waals surface area contributed by atoms with E-state index in [1.165, 1.54) is 6.42 Å². The van der Waals surface area contributed by atoms with Crippen LogP contribution in [0.1, 0.15) is 62.6 Å². The minimum Gasteiger partial charge on any atom is -0.374 e. The molecule has 0 saturated carbocycles. The second kappa shape index (κ2) is 4.97. The van der Waals surface area contributed by atoms with Gasteiger partial charge in [-0.2, -0.15) is 4.98 Å². The Morgan fingerprint density at radius 1 is 1.44 bits per heavy atom. The van der Waals surface area contributed by atoms with Gasteiger partial charge in [0.05, 0.1) is 24.0 Å². The van der Waals surface area contributed by atoms with E-state index in [1.807, 2.05) is 0 Å². The number of aromatic nitrogens is 2. The van der Waals surface area contributed by atoms with E-state index < -0.39 is 0 Å². The summed E-state index contributed by atoms with van der Waals surface area (Å²) in [6.07, 6.45) is 6.18. The Morgan fingerprint density at radius 2 is 2.33 bits per heavy atom. The summed E-state index contributed by atoms with van der Waals surface area (Å²) in [7, 11) is 0. The Kier molecular flexibility index (Phi) is 3.35. The summed E-state index contributed by atoms with van der Waals surface area (Å²) in [6, 6.07) is 0. The van der Waals surface area contributed by atoms with Crippen LogP contribution in [0, 0.1) is 0 Å². The smallest absolute Gasteiger partial charge is 0.231 e. The molecule has 1 aromatic rings. The summed E-state index contributed by atoms with van der Waals surface area (Å²) in [5.41, 5.74) is 5.76. The van der Waals surface area contributed by atoms with Gasteiger partial charge in [-0.25, -0.2) is 0 Å². The van der Waals surface area contributed by atoms with Crippen molar-refractivity contribution in [1.29, 1.82) is 0 Å². The van der Waals surface area contributed by atoms with Crippen molar-refractivity contribution in [2.24, 2.45) is 5.73 Å². The van der Waals surface area contributed by atoms with Crippen LogP contribution in [0.25, 0.3) is 0 Å². The molecule has 5 heteroatoms. The van der Waals surface area contributed by atoms with Gasteiger partial charge in [0, 0.05) is 6.54 Å². The van der Waals surface area contributed by atoms with Crippen LogP contribution in [-0.2, 0) is 4.74 Å². The Labute approximate surface area is 107 Å². The van der Waals surface area contributed by atoms with Crippen molar-refractivity contribution in [3.63, 3.8) is 0 Å². The van der Waals surface area contributed by atoms with E-state index in [1.54, 1.807) is 0 Å². The molecule has 0 radical (unpaired) electrons. The van der Waals surface area contributed by atoms with Crippen molar-refractivity contribution in [2.45, 2.75) is 63.1 Å². The molecule has 2 bridgehead atoms. The number of ether oxygens (including phenoxy) is 1. The van der Waals surface area contributed by atoms with Crippen LogP contribution in [0.5, 0.6) is 0 Å². The monoisotopic (exact) mass is 251 g/mol. The SMILES string of the molecule is CCCC(CN)c1nc(C2CC3CCC2O3)no1. The first-order valence-corrected chi connectivity index (χ1v) is 7.00. The maximum atomic E-state index is 5.84. The molecule has 0 aliphatic carbocycles. The second-order valence-corrected chi connectivity index (χ2v) is 5.43. The van der Waals surface area contributed by atoms with Crippen LogP contribution in [0.4, 0.5) is 0 Å². The zero-order valence-electron chi connectivity index (χ0n) is 10.8. The van der Waals surface area contributed by atoms with E-state index in [-0.39, 0.29) is 5.92 Å². The highest BCUT2D eigenvalue weighted by molar-refractivity contribution is 5.08. The van der Waals surface area contributed by atoms with Crippen molar-refractivity contribution in [3.8, 4) is 0 Å². The van der Waals surface area contributed by atoms with Crippen LogP contribution >= 0.6 is 0 Å². The van der Waals surface area contributed by atoms with Crippen LogP contribution in [-0.4, -0.2) is 28.9 Å². The third kappa shape index (κ3) is 2.06. The molecule has 2 N–H and O–H groups in total. The maximum absolute atomic E-state index is 5.84. The molecule has 2 aliphatic rings. The minimum atomic E-state index is 0.204. The first-order chi connectivity index (χ1) is 8.81. The van der Waals surface area contributed by atoms with Crippen LogP contribution in [0.2, 0.25) is 0 Å². The van der Waals surface area contributed by atoms with Crippen molar-refractivity contribution in [2.75, 3.05) is 6.54 Å². The minimum absolute atomic E-state index is 0.204. The van der Waals surface area contributed by atoms with Gasteiger partial charge >= 0.3 is 0 Å². The molecule has 1 aromatic heterocycles. The standard InChI is InChI=1S/C13H21N3O2/c1-2-3-8(7-14)13-15-12(16-18-13)10-6-9-4-5-11(10)17-9/h8-11H,2-7,14H2,1H3. The lowest BCUT2D eigenvalue weighted by molar-refractivity contribution is 0.0996. The normalized spacial score (nSPS) is 32.0. The highest BCUT2D eigenvalue weighted by atomic mass is 16.5. The summed E-state index contributed by atoms with van der Waals surface area (Å²) in [5.74, 6) is 2.07. The predicted molar refractivity (Wildman–Crippen MR) is 66.3 cm³/mol. The van der Waals surface area contributed by atoms with Gasteiger partial charge in [-0.05, 0) is 25.7 Å². The van der Waals surface area contributed by atoms with E-state index in [2.05, 4.69) is 17.1 Å². The quantitative estimate of drug-likeness (QED) is 0.865. The summed E-state index contributed by atoms with van der Waals surface area (Å²) < 4.78 is 11.2. The van der Waals surface area contributed by atoms with Gasteiger partial charge in [0.1, 0.15) is 0 Å². The fraction of sp³-hybridized carbons (Fsp3) is 0.846. The molecule has 4 atom stereocenters. The van der Waals surface area contributed by atoms with Crippen LogP contribution in [0.15, 0.2) is 4.52 Å². The molecule has 2 saturated heterocycles. The average Bonchev–Trinajstić information content (AvgIpc) is 3.10. The van der Waals surface area contributed by atoms with Gasteiger partial charge in [0.25, 0.3) is 0 Å². The molecule has 100 valence electrons. The Bertz CT molecular complexity index is 407. The summed E-state index contributed by atoms with van der Waals surface area (Å²) in [5, 5.41) is 4.15. The molecule has 2 aliphatic heterocycles. The number of fused-ring (bicyclic) bond motifs is 2. The lowest BCUT2D eigenvalue weighted by atomic mass is 9.89. The molecule has 0 aromatic carbocycles. The van der Waals surface area contributed by atoms with Crippen molar-refractivity contribution < 1.29 is 9.26 Å². The fourth-order valence-electron chi connectivity index (χ4n) is 3.16. The summed E-state index contributed by atoms with van der Waals surface area (Å²) in [4.78, 5) is 4.56. The Hall–Kier alpha value is -0.940. The molecular formula is C13H21N3O2. The lowest BCUT2D eigenvalue weighted by Gasteiger charge is -2.14. The lowest BCUT2D eigenvalue weighted by Crippen LogP contribution is -2.16. The number of hydrogen-bond donors (Lipinski definition) is 1. The zero-order chi connectivity index (χ0) is 12.5. The highest BCUT2D eigenvalue weighted by Gasteiger charge is 2.43. The van der Waals surface area contributed by atoms with Crippen LogP contribution < -0.4 is 5.73 Å². The van der Waals surface area contributed by atoms with E-state index >= 15 is 0 Å². The number of rotatable bonds is 5. The molecule has 3 heterocycles.